The van der Waals surface area contributed by atoms with Gasteiger partial charge in [-0.25, -0.2) is 4.39 Å². The monoisotopic (exact) mass is 269 g/mol. The molecule has 18 heavy (non-hydrogen) atoms. The van der Waals surface area contributed by atoms with E-state index in [1.807, 2.05) is 6.26 Å². The molecular formula is C13H16FNO2S. The van der Waals surface area contributed by atoms with E-state index >= 15 is 0 Å². The summed E-state index contributed by atoms with van der Waals surface area (Å²) in [5.74, 6) is -1.23. The molecule has 1 aliphatic rings. The van der Waals surface area contributed by atoms with Crippen LogP contribution in [0.25, 0.3) is 0 Å². The highest BCUT2D eigenvalue weighted by atomic mass is 32.2. The second-order valence-corrected chi connectivity index (χ2v) is 5.86. The van der Waals surface area contributed by atoms with E-state index in [1.54, 1.807) is 11.8 Å². The fourth-order valence-corrected chi connectivity index (χ4v) is 2.97. The zero-order valence-electron chi connectivity index (χ0n) is 10.2. The lowest BCUT2D eigenvalue weighted by Crippen LogP contribution is -2.45. The van der Waals surface area contributed by atoms with Crippen molar-refractivity contribution in [2.45, 2.75) is 24.0 Å². The third kappa shape index (κ3) is 2.61. The molecule has 0 saturated heterocycles. The van der Waals surface area contributed by atoms with Crippen LogP contribution >= 0.6 is 11.8 Å². The SMILES string of the molecule is CSC1(CNC(=O)c2ccc(F)cc2O)CCC1. The third-order valence-electron chi connectivity index (χ3n) is 3.47. The van der Waals surface area contributed by atoms with Crippen LogP contribution in [0.5, 0.6) is 5.75 Å². The molecule has 0 unspecified atom stereocenters. The van der Waals surface area contributed by atoms with Crippen LogP contribution in [-0.4, -0.2) is 28.6 Å². The topological polar surface area (TPSA) is 49.3 Å². The van der Waals surface area contributed by atoms with Gasteiger partial charge in [0.1, 0.15) is 11.6 Å². The lowest BCUT2D eigenvalue weighted by Gasteiger charge is -2.40. The maximum Gasteiger partial charge on any atom is 0.255 e. The Labute approximate surface area is 110 Å². The highest BCUT2D eigenvalue weighted by Crippen LogP contribution is 2.42. The van der Waals surface area contributed by atoms with E-state index in [0.717, 1.165) is 18.9 Å². The van der Waals surface area contributed by atoms with Gasteiger partial charge in [0.25, 0.3) is 5.91 Å². The number of carbonyl (C=O) groups excluding carboxylic acids is 1. The Bertz CT molecular complexity index is 455. The van der Waals surface area contributed by atoms with Gasteiger partial charge in [-0.05, 0) is 31.2 Å². The summed E-state index contributed by atoms with van der Waals surface area (Å²) in [7, 11) is 0. The molecule has 1 aromatic rings. The van der Waals surface area contributed by atoms with Crippen LogP contribution in [-0.2, 0) is 0 Å². The molecule has 5 heteroatoms. The van der Waals surface area contributed by atoms with Crippen molar-refractivity contribution >= 4 is 17.7 Å². The first-order valence-electron chi connectivity index (χ1n) is 5.88. The number of hydrogen-bond donors (Lipinski definition) is 2. The van der Waals surface area contributed by atoms with E-state index in [9.17, 15) is 14.3 Å². The number of thioether (sulfide) groups is 1. The Balaban J connectivity index is 1.99. The van der Waals surface area contributed by atoms with Gasteiger partial charge in [-0.15, -0.1) is 0 Å². The van der Waals surface area contributed by atoms with Gasteiger partial charge in [0, 0.05) is 17.4 Å². The van der Waals surface area contributed by atoms with Crippen molar-refractivity contribution in [2.75, 3.05) is 12.8 Å². The van der Waals surface area contributed by atoms with Crippen LogP contribution in [0.1, 0.15) is 29.6 Å². The molecule has 1 saturated carbocycles. The largest absolute Gasteiger partial charge is 0.507 e. The molecule has 0 bridgehead atoms. The quantitative estimate of drug-likeness (QED) is 0.883. The first kappa shape index (κ1) is 13.2. The van der Waals surface area contributed by atoms with Crippen LogP contribution in [0.3, 0.4) is 0 Å². The van der Waals surface area contributed by atoms with E-state index < -0.39 is 5.82 Å². The first-order valence-corrected chi connectivity index (χ1v) is 7.11. The van der Waals surface area contributed by atoms with Gasteiger partial charge in [0.15, 0.2) is 0 Å². The van der Waals surface area contributed by atoms with Gasteiger partial charge >= 0.3 is 0 Å². The van der Waals surface area contributed by atoms with Crippen LogP contribution in [0.15, 0.2) is 18.2 Å². The Morgan fingerprint density at radius 2 is 2.28 bits per heavy atom. The fraction of sp³-hybridized carbons (Fsp3) is 0.462. The highest BCUT2D eigenvalue weighted by molar-refractivity contribution is 8.00. The average molecular weight is 269 g/mol. The maximum atomic E-state index is 12.8. The molecule has 0 atom stereocenters. The van der Waals surface area contributed by atoms with Gasteiger partial charge in [-0.2, -0.15) is 11.8 Å². The molecule has 0 aromatic heterocycles. The number of benzene rings is 1. The zero-order valence-corrected chi connectivity index (χ0v) is 11.0. The van der Waals surface area contributed by atoms with Gasteiger partial charge in [0.05, 0.1) is 5.56 Å². The summed E-state index contributed by atoms with van der Waals surface area (Å²) < 4.78 is 13.0. The Morgan fingerprint density at radius 3 is 2.78 bits per heavy atom. The first-order chi connectivity index (χ1) is 8.56. The average Bonchev–Trinajstić information content (AvgIpc) is 2.27. The van der Waals surface area contributed by atoms with E-state index in [1.165, 1.54) is 18.6 Å². The van der Waals surface area contributed by atoms with E-state index in [-0.39, 0.29) is 22.0 Å². The molecule has 1 aliphatic carbocycles. The Morgan fingerprint density at radius 1 is 1.56 bits per heavy atom. The lowest BCUT2D eigenvalue weighted by atomic mass is 9.84. The van der Waals surface area contributed by atoms with Crippen LogP contribution in [0.2, 0.25) is 0 Å². The molecule has 0 radical (unpaired) electrons. The summed E-state index contributed by atoms with van der Waals surface area (Å²) in [4.78, 5) is 11.9. The van der Waals surface area contributed by atoms with E-state index in [0.29, 0.717) is 6.54 Å². The molecule has 1 aromatic carbocycles. The fourth-order valence-electron chi connectivity index (χ4n) is 2.06. The molecule has 98 valence electrons. The summed E-state index contributed by atoms with van der Waals surface area (Å²) in [6.07, 6.45) is 5.44. The Hall–Kier alpha value is -1.23. The normalized spacial score (nSPS) is 17.0. The van der Waals surface area contributed by atoms with Gasteiger partial charge in [0.2, 0.25) is 0 Å². The van der Waals surface area contributed by atoms with Crippen molar-refractivity contribution in [1.29, 1.82) is 0 Å². The predicted octanol–water partition coefficient (Wildman–Crippen LogP) is 2.55. The lowest BCUT2D eigenvalue weighted by molar-refractivity contribution is 0.0941. The van der Waals surface area contributed by atoms with Crippen molar-refractivity contribution in [1.82, 2.24) is 5.32 Å². The number of rotatable bonds is 4. The minimum absolute atomic E-state index is 0.118. The molecule has 3 nitrogen and oxygen atoms in total. The van der Waals surface area contributed by atoms with Crippen LogP contribution < -0.4 is 5.32 Å². The van der Waals surface area contributed by atoms with E-state index in [2.05, 4.69) is 5.32 Å². The summed E-state index contributed by atoms with van der Waals surface area (Å²) in [5.41, 5.74) is 0.118. The zero-order chi connectivity index (χ0) is 13.2. The van der Waals surface area contributed by atoms with E-state index in [4.69, 9.17) is 0 Å². The summed E-state index contributed by atoms with van der Waals surface area (Å²) in [5, 5.41) is 12.3. The number of aromatic hydroxyl groups is 1. The van der Waals surface area contributed by atoms with Crippen molar-refractivity contribution < 1.29 is 14.3 Å². The van der Waals surface area contributed by atoms with Gasteiger partial charge in [-0.3, -0.25) is 4.79 Å². The molecule has 0 heterocycles. The second kappa shape index (κ2) is 5.18. The van der Waals surface area contributed by atoms with Crippen molar-refractivity contribution in [3.8, 4) is 5.75 Å². The number of phenolic OH excluding ortho intramolecular Hbond substituents is 1. The van der Waals surface area contributed by atoms with Crippen molar-refractivity contribution in [3.05, 3.63) is 29.6 Å². The number of amides is 1. The van der Waals surface area contributed by atoms with Gasteiger partial charge < -0.3 is 10.4 Å². The maximum absolute atomic E-state index is 12.8. The molecule has 0 spiro atoms. The molecule has 0 aliphatic heterocycles. The second-order valence-electron chi connectivity index (χ2n) is 4.58. The molecule has 2 rings (SSSR count). The number of phenols is 1. The minimum atomic E-state index is -0.552. The Kier molecular flexibility index (Phi) is 3.80. The van der Waals surface area contributed by atoms with Crippen LogP contribution in [0, 0.1) is 5.82 Å². The molecule has 2 N–H and O–H groups in total. The van der Waals surface area contributed by atoms with Crippen LogP contribution in [0.4, 0.5) is 4.39 Å². The number of hydrogen-bond acceptors (Lipinski definition) is 3. The van der Waals surface area contributed by atoms with Gasteiger partial charge in [-0.1, -0.05) is 6.42 Å². The smallest absolute Gasteiger partial charge is 0.255 e. The number of nitrogens with one attached hydrogen (secondary N) is 1. The number of carbonyl (C=O) groups is 1. The molecule has 1 fully saturated rings. The standard InChI is InChI=1S/C13H16FNO2S/c1-18-13(5-2-6-13)8-15-12(17)10-4-3-9(14)7-11(10)16/h3-4,7,16H,2,5-6,8H2,1H3,(H,15,17). The van der Waals surface area contributed by atoms with Crippen molar-refractivity contribution in [3.63, 3.8) is 0 Å². The minimum Gasteiger partial charge on any atom is -0.507 e. The van der Waals surface area contributed by atoms with Crippen molar-refractivity contribution in [2.24, 2.45) is 0 Å². The number of halogens is 1. The molecule has 1 amide bonds. The molecular weight excluding hydrogens is 253 g/mol. The summed E-state index contributed by atoms with van der Waals surface area (Å²) in [6, 6.07) is 3.41. The summed E-state index contributed by atoms with van der Waals surface area (Å²) in [6.45, 7) is 0.587. The third-order valence-corrected chi connectivity index (χ3v) is 4.89. The summed E-state index contributed by atoms with van der Waals surface area (Å²) >= 11 is 1.77. The predicted molar refractivity (Wildman–Crippen MR) is 70.5 cm³/mol. The highest BCUT2D eigenvalue weighted by Gasteiger charge is 2.36.